The fourth-order valence-electron chi connectivity index (χ4n) is 0.994. The highest BCUT2D eigenvalue weighted by Gasteiger charge is 2.04. The zero-order chi connectivity index (χ0) is 10.5. The van der Waals surface area contributed by atoms with Crippen LogP contribution in [0.4, 0.5) is 5.82 Å². The fraction of sp³-hybridized carbons (Fsp3) is 0.111. The van der Waals surface area contributed by atoms with Crippen LogP contribution in [0.25, 0.3) is 0 Å². The zero-order valence-electron chi connectivity index (χ0n) is 7.77. The Bertz CT molecular complexity index is 411. The number of amides is 1. The lowest BCUT2D eigenvalue weighted by Gasteiger charge is -2.00. The number of thiophene rings is 1. The van der Waals surface area contributed by atoms with E-state index >= 15 is 0 Å². The van der Waals surface area contributed by atoms with Crippen molar-refractivity contribution in [3.63, 3.8) is 0 Å². The van der Waals surface area contributed by atoms with E-state index in [1.807, 2.05) is 17.5 Å². The molecule has 0 atom stereocenters. The molecule has 2 aromatic rings. The normalized spacial score (nSPS) is 10.1. The van der Waals surface area contributed by atoms with Crippen molar-refractivity contribution >= 4 is 34.8 Å². The van der Waals surface area contributed by atoms with E-state index in [1.165, 1.54) is 11.8 Å². The van der Waals surface area contributed by atoms with E-state index in [2.05, 4.69) is 15.5 Å². The third-order valence-electron chi connectivity index (χ3n) is 1.62. The van der Waals surface area contributed by atoms with Crippen molar-refractivity contribution in [2.75, 3.05) is 11.1 Å². The molecule has 4 nitrogen and oxygen atoms in total. The van der Waals surface area contributed by atoms with Gasteiger partial charge in [-0.05, 0) is 11.4 Å². The van der Waals surface area contributed by atoms with Crippen LogP contribution in [0.2, 0.25) is 0 Å². The molecule has 0 aliphatic heterocycles. The number of anilines is 1. The first-order valence-corrected chi connectivity index (χ1v) is 6.16. The summed E-state index contributed by atoms with van der Waals surface area (Å²) < 4.78 is 1.15. The van der Waals surface area contributed by atoms with Crippen molar-refractivity contribution in [2.45, 2.75) is 4.21 Å². The Labute approximate surface area is 95.1 Å². The molecular weight excluding hydrogens is 230 g/mol. The molecule has 0 aliphatic rings. The highest BCUT2D eigenvalue weighted by molar-refractivity contribution is 8.01. The minimum absolute atomic E-state index is 0.0300. The van der Waals surface area contributed by atoms with E-state index in [0.717, 1.165) is 4.21 Å². The van der Waals surface area contributed by atoms with Gasteiger partial charge in [-0.15, -0.1) is 23.1 Å². The molecule has 0 spiro atoms. The molecule has 0 aliphatic carbocycles. The Morgan fingerprint density at radius 2 is 2.53 bits per heavy atom. The summed E-state index contributed by atoms with van der Waals surface area (Å²) in [5.41, 5.74) is 0. The van der Waals surface area contributed by atoms with E-state index in [9.17, 15) is 4.79 Å². The van der Waals surface area contributed by atoms with Crippen LogP contribution in [0.5, 0.6) is 0 Å². The zero-order valence-corrected chi connectivity index (χ0v) is 9.40. The predicted molar refractivity (Wildman–Crippen MR) is 62.3 cm³/mol. The van der Waals surface area contributed by atoms with Gasteiger partial charge in [-0.3, -0.25) is 9.89 Å². The van der Waals surface area contributed by atoms with E-state index in [4.69, 9.17) is 0 Å². The van der Waals surface area contributed by atoms with Crippen LogP contribution in [0.3, 0.4) is 0 Å². The molecule has 2 aromatic heterocycles. The second-order valence-corrected chi connectivity index (χ2v) is 4.96. The van der Waals surface area contributed by atoms with Gasteiger partial charge in [-0.2, -0.15) is 5.10 Å². The molecule has 15 heavy (non-hydrogen) atoms. The molecule has 1 amide bonds. The van der Waals surface area contributed by atoms with Crippen LogP contribution in [0.1, 0.15) is 0 Å². The summed E-state index contributed by atoms with van der Waals surface area (Å²) in [6.45, 7) is 0. The second-order valence-electron chi connectivity index (χ2n) is 2.74. The lowest BCUT2D eigenvalue weighted by atomic mass is 10.6. The summed E-state index contributed by atoms with van der Waals surface area (Å²) in [5, 5.41) is 11.1. The molecule has 0 saturated heterocycles. The number of thioether (sulfide) groups is 1. The van der Waals surface area contributed by atoms with Crippen molar-refractivity contribution in [3.05, 3.63) is 29.8 Å². The largest absolute Gasteiger partial charge is 0.310 e. The Morgan fingerprint density at radius 1 is 1.60 bits per heavy atom. The summed E-state index contributed by atoms with van der Waals surface area (Å²) in [7, 11) is 0. The van der Waals surface area contributed by atoms with Crippen LogP contribution in [0, 0.1) is 0 Å². The summed E-state index contributed by atoms with van der Waals surface area (Å²) in [5.74, 6) is 1.02. The molecule has 2 rings (SSSR count). The molecule has 0 bridgehead atoms. The number of carbonyl (C=O) groups excluding carboxylic acids is 1. The molecule has 0 unspecified atom stereocenters. The lowest BCUT2D eigenvalue weighted by molar-refractivity contribution is -0.113. The molecule has 78 valence electrons. The Kier molecular flexibility index (Phi) is 3.41. The second kappa shape index (κ2) is 4.99. The number of hydrogen-bond acceptors (Lipinski definition) is 4. The van der Waals surface area contributed by atoms with E-state index in [-0.39, 0.29) is 5.91 Å². The highest BCUT2D eigenvalue weighted by Crippen LogP contribution is 2.23. The van der Waals surface area contributed by atoms with Gasteiger partial charge in [0.1, 0.15) is 5.82 Å². The van der Waals surface area contributed by atoms with Gasteiger partial charge in [0.05, 0.1) is 16.2 Å². The maximum Gasteiger partial charge on any atom is 0.235 e. The van der Waals surface area contributed by atoms with E-state index < -0.39 is 0 Å². The van der Waals surface area contributed by atoms with Gasteiger partial charge < -0.3 is 5.32 Å². The summed E-state index contributed by atoms with van der Waals surface area (Å²) in [6, 6.07) is 5.69. The van der Waals surface area contributed by atoms with Crippen LogP contribution in [-0.4, -0.2) is 21.9 Å². The summed E-state index contributed by atoms with van der Waals surface area (Å²) in [4.78, 5) is 11.4. The smallest absolute Gasteiger partial charge is 0.235 e. The van der Waals surface area contributed by atoms with Gasteiger partial charge in [0.15, 0.2) is 0 Å². The monoisotopic (exact) mass is 239 g/mol. The first-order chi connectivity index (χ1) is 7.34. The van der Waals surface area contributed by atoms with Crippen LogP contribution in [0.15, 0.2) is 34.0 Å². The molecule has 6 heteroatoms. The lowest BCUT2D eigenvalue weighted by Crippen LogP contribution is -2.14. The topological polar surface area (TPSA) is 57.8 Å². The minimum atomic E-state index is -0.0300. The number of aromatic nitrogens is 2. The van der Waals surface area contributed by atoms with Gasteiger partial charge >= 0.3 is 0 Å². The first-order valence-electron chi connectivity index (χ1n) is 4.30. The van der Waals surface area contributed by atoms with E-state index in [1.54, 1.807) is 23.6 Å². The number of nitrogens with zero attached hydrogens (tertiary/aromatic N) is 1. The number of rotatable bonds is 4. The van der Waals surface area contributed by atoms with Crippen molar-refractivity contribution < 1.29 is 4.79 Å². The summed E-state index contributed by atoms with van der Waals surface area (Å²) >= 11 is 3.16. The maximum atomic E-state index is 11.4. The molecule has 2 N–H and O–H groups in total. The first kappa shape index (κ1) is 10.3. The average Bonchev–Trinajstić information content (AvgIpc) is 2.86. The van der Waals surface area contributed by atoms with Crippen molar-refractivity contribution in [2.24, 2.45) is 0 Å². The third kappa shape index (κ3) is 3.10. The molecule has 0 saturated carbocycles. The van der Waals surface area contributed by atoms with Crippen LogP contribution < -0.4 is 5.32 Å². The molecular formula is C9H9N3OS2. The van der Waals surface area contributed by atoms with Crippen LogP contribution in [-0.2, 0) is 4.79 Å². The Balaban J connectivity index is 1.78. The predicted octanol–water partition coefficient (Wildman–Crippen LogP) is 2.20. The SMILES string of the molecule is O=C(CSc1cccs1)Nc1ccn[nH]1. The van der Waals surface area contributed by atoms with Crippen LogP contribution >= 0.6 is 23.1 Å². The number of aromatic amines is 1. The molecule has 2 heterocycles. The Morgan fingerprint density at radius 3 is 3.20 bits per heavy atom. The summed E-state index contributed by atoms with van der Waals surface area (Å²) in [6.07, 6.45) is 1.60. The Hall–Kier alpha value is -1.27. The fourth-order valence-corrected chi connectivity index (χ4v) is 2.58. The van der Waals surface area contributed by atoms with Crippen molar-refractivity contribution in [1.29, 1.82) is 0 Å². The minimum Gasteiger partial charge on any atom is -0.310 e. The van der Waals surface area contributed by atoms with Crippen molar-refractivity contribution in [3.8, 4) is 0 Å². The quantitative estimate of drug-likeness (QED) is 0.804. The third-order valence-corrected chi connectivity index (χ3v) is 3.75. The van der Waals surface area contributed by atoms with Crippen molar-refractivity contribution in [1.82, 2.24) is 10.2 Å². The highest BCUT2D eigenvalue weighted by atomic mass is 32.2. The number of hydrogen-bond donors (Lipinski definition) is 2. The van der Waals surface area contributed by atoms with Gasteiger partial charge in [0, 0.05) is 6.07 Å². The molecule has 0 fully saturated rings. The van der Waals surface area contributed by atoms with Gasteiger partial charge in [-0.1, -0.05) is 6.07 Å². The number of carbonyl (C=O) groups is 1. The number of nitrogens with one attached hydrogen (secondary N) is 2. The van der Waals surface area contributed by atoms with Gasteiger partial charge in [0.25, 0.3) is 0 Å². The van der Waals surface area contributed by atoms with E-state index in [0.29, 0.717) is 11.6 Å². The van der Waals surface area contributed by atoms with Gasteiger partial charge in [0.2, 0.25) is 5.91 Å². The number of H-pyrrole nitrogens is 1. The molecule has 0 aromatic carbocycles. The average molecular weight is 239 g/mol. The maximum absolute atomic E-state index is 11.4. The van der Waals surface area contributed by atoms with Gasteiger partial charge in [-0.25, -0.2) is 0 Å². The standard InChI is InChI=1S/C9H9N3OS2/c13-8(11-7-3-4-10-12-7)6-15-9-2-1-5-14-9/h1-5H,6H2,(H2,10,11,12,13). The molecule has 0 radical (unpaired) electrons.